The average Bonchev–Trinajstić information content (AvgIpc) is 3.20. The zero-order valence-corrected chi connectivity index (χ0v) is 20.4. The lowest BCUT2D eigenvalue weighted by molar-refractivity contribution is 0.305. The Labute approximate surface area is 202 Å². The van der Waals surface area contributed by atoms with Crippen LogP contribution in [-0.2, 0) is 16.4 Å². The highest BCUT2D eigenvalue weighted by Gasteiger charge is 2.43. The normalized spacial score (nSPS) is 20.4. The summed E-state index contributed by atoms with van der Waals surface area (Å²) in [6.07, 6.45) is 0.441. The molecule has 1 aromatic heterocycles. The molecule has 0 spiro atoms. The Kier molecular flexibility index (Phi) is 5.56. The first kappa shape index (κ1) is 22.7. The number of benzene rings is 2. The van der Waals surface area contributed by atoms with Crippen LogP contribution < -0.4 is 15.4 Å². The summed E-state index contributed by atoms with van der Waals surface area (Å²) in [5.41, 5.74) is 2.00. The van der Waals surface area contributed by atoms with Gasteiger partial charge in [-0.25, -0.2) is 12.8 Å². The molecule has 2 aromatic carbocycles. The number of sulfone groups is 1. The van der Waals surface area contributed by atoms with E-state index in [1.165, 1.54) is 12.1 Å². The van der Waals surface area contributed by atoms with Crippen LogP contribution >= 0.6 is 11.3 Å². The number of halogens is 1. The number of para-hydroxylation sites is 1. The zero-order valence-electron chi connectivity index (χ0n) is 18.8. The van der Waals surface area contributed by atoms with E-state index >= 15 is 4.39 Å². The average molecular weight is 501 g/mol. The molecule has 0 amide bonds. The van der Waals surface area contributed by atoms with Gasteiger partial charge in [0.15, 0.2) is 9.84 Å². The Balaban J connectivity index is 1.58. The number of allylic oxidation sites excluding steroid dienone is 1. The summed E-state index contributed by atoms with van der Waals surface area (Å²) >= 11 is 1.56. The molecule has 3 aromatic rings. The highest BCUT2D eigenvalue weighted by Crippen LogP contribution is 2.48. The van der Waals surface area contributed by atoms with Gasteiger partial charge in [0.2, 0.25) is 0 Å². The van der Waals surface area contributed by atoms with Gasteiger partial charge in [0.1, 0.15) is 29.6 Å². The number of aromatic hydroxyl groups is 1. The molecule has 0 fully saturated rings. The predicted molar refractivity (Wildman–Crippen MR) is 132 cm³/mol. The molecule has 5 rings (SSSR count). The molecule has 2 aliphatic rings. The molecule has 0 saturated heterocycles. The summed E-state index contributed by atoms with van der Waals surface area (Å²) in [7, 11) is -3.73. The number of phenolic OH excluding ortho intramolecular Hbond substituents is 1. The van der Waals surface area contributed by atoms with Crippen LogP contribution in [0.25, 0.3) is 0 Å². The Morgan fingerprint density at radius 1 is 1.24 bits per heavy atom. The maximum Gasteiger partial charge on any atom is 0.179 e. The van der Waals surface area contributed by atoms with E-state index in [1.807, 2.05) is 30.7 Å². The van der Waals surface area contributed by atoms with Crippen LogP contribution in [0.15, 0.2) is 63.8 Å². The maximum atomic E-state index is 15.4. The first-order valence-electron chi connectivity index (χ1n) is 10.9. The largest absolute Gasteiger partial charge is 0.506 e. The number of hydrogen-bond acceptors (Lipinski definition) is 7. The number of ether oxygens (including phenoxy) is 1. The number of nitrogens with one attached hydrogen (secondary N) is 2. The molecule has 0 saturated carbocycles. The molecule has 3 N–H and O–H groups in total. The minimum Gasteiger partial charge on any atom is -0.506 e. The molecule has 6 nitrogen and oxygen atoms in total. The topological polar surface area (TPSA) is 87.7 Å². The van der Waals surface area contributed by atoms with E-state index in [9.17, 15) is 13.5 Å². The van der Waals surface area contributed by atoms with E-state index in [4.69, 9.17) is 4.74 Å². The minimum absolute atomic E-state index is 0.0177. The lowest BCUT2D eigenvalue weighted by Crippen LogP contribution is -2.35. The molecule has 3 heterocycles. The highest BCUT2D eigenvalue weighted by molar-refractivity contribution is 7.95. The summed E-state index contributed by atoms with van der Waals surface area (Å²) in [6.45, 7) is 4.09. The van der Waals surface area contributed by atoms with Crippen LogP contribution in [0, 0.1) is 11.2 Å². The van der Waals surface area contributed by atoms with Crippen molar-refractivity contribution in [2.45, 2.75) is 32.9 Å². The first-order chi connectivity index (χ1) is 16.1. The van der Waals surface area contributed by atoms with Gasteiger partial charge in [0.25, 0.3) is 0 Å². The van der Waals surface area contributed by atoms with Crippen molar-refractivity contribution in [2.75, 3.05) is 16.4 Å². The van der Waals surface area contributed by atoms with Crippen molar-refractivity contribution in [1.29, 1.82) is 0 Å². The van der Waals surface area contributed by atoms with Crippen molar-refractivity contribution in [3.63, 3.8) is 0 Å². The number of phenols is 1. The second kappa shape index (κ2) is 8.32. The van der Waals surface area contributed by atoms with Gasteiger partial charge in [0.05, 0.1) is 22.4 Å². The fourth-order valence-electron chi connectivity index (χ4n) is 4.61. The second-order valence-corrected chi connectivity index (χ2v) is 12.2. The van der Waals surface area contributed by atoms with E-state index in [0.717, 1.165) is 5.56 Å². The van der Waals surface area contributed by atoms with Crippen LogP contribution in [-0.4, -0.2) is 19.3 Å². The van der Waals surface area contributed by atoms with Crippen LogP contribution in [0.1, 0.15) is 37.4 Å². The van der Waals surface area contributed by atoms with Gasteiger partial charge >= 0.3 is 0 Å². The third-order valence-electron chi connectivity index (χ3n) is 6.02. The first-order valence-corrected chi connectivity index (χ1v) is 13.5. The van der Waals surface area contributed by atoms with E-state index in [-0.39, 0.29) is 22.0 Å². The fourth-order valence-corrected chi connectivity index (χ4v) is 7.60. The lowest BCUT2D eigenvalue weighted by atomic mass is 9.88. The van der Waals surface area contributed by atoms with Crippen molar-refractivity contribution >= 4 is 32.5 Å². The van der Waals surface area contributed by atoms with E-state index in [1.54, 1.807) is 35.6 Å². The number of rotatable bonds is 4. The van der Waals surface area contributed by atoms with Crippen molar-refractivity contribution in [3.05, 3.63) is 80.8 Å². The van der Waals surface area contributed by atoms with Crippen molar-refractivity contribution < 1.29 is 22.7 Å². The molecule has 1 atom stereocenters. The summed E-state index contributed by atoms with van der Waals surface area (Å²) < 4.78 is 48.1. The van der Waals surface area contributed by atoms with Gasteiger partial charge in [-0.05, 0) is 58.5 Å². The van der Waals surface area contributed by atoms with E-state index < -0.39 is 27.1 Å². The number of fused-ring (bicyclic) bond motifs is 1. The lowest BCUT2D eigenvalue weighted by Gasteiger charge is -2.34. The second-order valence-electron chi connectivity index (χ2n) is 9.45. The Morgan fingerprint density at radius 2 is 2.06 bits per heavy atom. The molecule has 2 aliphatic heterocycles. The third kappa shape index (κ3) is 4.25. The molecule has 34 heavy (non-hydrogen) atoms. The van der Waals surface area contributed by atoms with Gasteiger partial charge in [-0.15, -0.1) is 0 Å². The summed E-state index contributed by atoms with van der Waals surface area (Å²) in [6, 6.07) is 10.4. The predicted octanol–water partition coefficient (Wildman–Crippen LogP) is 5.81. The van der Waals surface area contributed by atoms with Gasteiger partial charge in [-0.2, -0.15) is 11.3 Å². The molecule has 178 valence electrons. The van der Waals surface area contributed by atoms with Crippen LogP contribution in [0.3, 0.4) is 0 Å². The summed E-state index contributed by atoms with van der Waals surface area (Å²) in [5.74, 6) is -0.282. The molecule has 1 unspecified atom stereocenters. The maximum absolute atomic E-state index is 15.4. The Hall–Kier alpha value is -3.04. The fraction of sp³-hybridized carbons (Fsp3) is 0.280. The zero-order chi connectivity index (χ0) is 24.1. The Morgan fingerprint density at radius 3 is 2.79 bits per heavy atom. The standard InChI is InChI=1S/C25H25FN2O4S2/c1-25(2)11-20-24(34(30,31)14-25)22(27-19-4-3-5-21(29)23(19)28-20)17-7-6-16(10-18(17)26)32-12-15-8-9-33-13-15/h3-10,13,22,27-29H,11-12,14H2,1-2H3. The molecule has 0 aliphatic carbocycles. The van der Waals surface area contributed by atoms with Gasteiger partial charge in [-0.3, -0.25) is 0 Å². The van der Waals surface area contributed by atoms with Crippen molar-refractivity contribution in [2.24, 2.45) is 5.41 Å². The molecule has 9 heteroatoms. The van der Waals surface area contributed by atoms with Gasteiger partial charge < -0.3 is 20.5 Å². The molecular weight excluding hydrogens is 475 g/mol. The molecule has 0 radical (unpaired) electrons. The quantitative estimate of drug-likeness (QED) is 0.392. The molecular formula is C25H25FN2O4S2. The van der Waals surface area contributed by atoms with E-state index in [2.05, 4.69) is 10.6 Å². The highest BCUT2D eigenvalue weighted by atomic mass is 32.2. The summed E-state index contributed by atoms with van der Waals surface area (Å²) in [5, 5.41) is 20.7. The monoisotopic (exact) mass is 500 g/mol. The Bertz CT molecular complexity index is 1380. The van der Waals surface area contributed by atoms with Gasteiger partial charge in [0, 0.05) is 17.3 Å². The van der Waals surface area contributed by atoms with Gasteiger partial charge in [-0.1, -0.05) is 19.9 Å². The minimum atomic E-state index is -3.73. The van der Waals surface area contributed by atoms with Crippen LogP contribution in [0.4, 0.5) is 15.8 Å². The van der Waals surface area contributed by atoms with Crippen molar-refractivity contribution in [1.82, 2.24) is 0 Å². The third-order valence-corrected chi connectivity index (χ3v) is 9.06. The number of hydrogen-bond donors (Lipinski definition) is 3. The SMILES string of the molecule is CC1(C)CC2=C(C(c3ccc(OCc4ccsc4)cc3F)Nc3cccc(O)c3N2)S(=O)(=O)C1. The smallest absolute Gasteiger partial charge is 0.179 e. The number of anilines is 2. The van der Waals surface area contributed by atoms with Crippen LogP contribution in [0.2, 0.25) is 0 Å². The van der Waals surface area contributed by atoms with E-state index in [0.29, 0.717) is 35.8 Å². The van der Waals surface area contributed by atoms with Crippen molar-refractivity contribution in [3.8, 4) is 11.5 Å². The molecule has 0 bridgehead atoms. The van der Waals surface area contributed by atoms with Crippen LogP contribution in [0.5, 0.6) is 11.5 Å². The summed E-state index contributed by atoms with van der Waals surface area (Å²) in [4.78, 5) is 0.105. The number of thiophene rings is 1.